The van der Waals surface area contributed by atoms with Gasteiger partial charge in [0, 0.05) is 5.56 Å². The molecule has 0 spiro atoms. The van der Waals surface area contributed by atoms with Gasteiger partial charge in [-0.1, -0.05) is 0 Å². The van der Waals surface area contributed by atoms with E-state index in [1.165, 1.54) is 0 Å². The highest BCUT2D eigenvalue weighted by molar-refractivity contribution is 7.07. The molecule has 0 aliphatic rings. The van der Waals surface area contributed by atoms with Gasteiger partial charge in [-0.2, -0.15) is 11.3 Å². The molecule has 2 aromatic rings. The Morgan fingerprint density at radius 2 is 2.00 bits per heavy atom. The molecule has 0 saturated heterocycles. The Bertz CT molecular complexity index is 479. The fourth-order valence-corrected chi connectivity index (χ4v) is 2.34. The normalized spacial score (nSPS) is 12.2. The van der Waals surface area contributed by atoms with Crippen molar-refractivity contribution in [1.82, 2.24) is 0 Å². The fraction of sp³-hybridized carbons (Fsp3) is 0.231. The summed E-state index contributed by atoms with van der Waals surface area (Å²) in [4.78, 5) is 0. The van der Waals surface area contributed by atoms with Crippen molar-refractivity contribution in [3.63, 3.8) is 0 Å². The van der Waals surface area contributed by atoms with Crippen LogP contribution in [0.2, 0.25) is 0 Å². The van der Waals surface area contributed by atoms with E-state index in [2.05, 4.69) is 0 Å². The molecule has 4 heteroatoms. The predicted molar refractivity (Wildman–Crippen MR) is 67.9 cm³/mol. The first kappa shape index (κ1) is 12.0. The lowest BCUT2D eigenvalue weighted by Gasteiger charge is -2.15. The van der Waals surface area contributed by atoms with Crippen molar-refractivity contribution in [2.45, 2.75) is 6.10 Å². The predicted octanol–water partition coefficient (Wildman–Crippen LogP) is 2.85. The standard InChI is InChI=1S/C13H14O3S/c1-15-10-3-4-12(16-2)11(7-10)13(14)9-5-6-17-8-9/h3-8,13-14H,1-2H3/t13-/m0/s1. The molecule has 0 saturated carbocycles. The van der Waals surface area contributed by atoms with Crippen molar-refractivity contribution in [2.75, 3.05) is 14.2 Å². The largest absolute Gasteiger partial charge is 0.497 e. The van der Waals surface area contributed by atoms with Gasteiger partial charge in [0.25, 0.3) is 0 Å². The number of aliphatic hydroxyl groups is 1. The average molecular weight is 250 g/mol. The molecule has 2 rings (SSSR count). The second kappa shape index (κ2) is 5.21. The zero-order valence-electron chi connectivity index (χ0n) is 9.71. The second-order valence-electron chi connectivity index (χ2n) is 3.57. The lowest BCUT2D eigenvalue weighted by molar-refractivity contribution is 0.214. The molecule has 1 aromatic heterocycles. The maximum absolute atomic E-state index is 10.3. The van der Waals surface area contributed by atoms with E-state index in [0.29, 0.717) is 17.1 Å². The van der Waals surface area contributed by atoms with Crippen molar-refractivity contribution < 1.29 is 14.6 Å². The van der Waals surface area contributed by atoms with Crippen LogP contribution in [0.5, 0.6) is 11.5 Å². The topological polar surface area (TPSA) is 38.7 Å². The third-order valence-electron chi connectivity index (χ3n) is 2.59. The maximum Gasteiger partial charge on any atom is 0.125 e. The van der Waals surface area contributed by atoms with Gasteiger partial charge in [0.05, 0.1) is 14.2 Å². The minimum Gasteiger partial charge on any atom is -0.497 e. The van der Waals surface area contributed by atoms with Crippen LogP contribution in [-0.4, -0.2) is 19.3 Å². The quantitative estimate of drug-likeness (QED) is 0.906. The molecule has 1 aromatic carbocycles. The fourth-order valence-electron chi connectivity index (χ4n) is 1.66. The summed E-state index contributed by atoms with van der Waals surface area (Å²) in [5.41, 5.74) is 1.58. The molecule has 0 unspecified atom stereocenters. The SMILES string of the molecule is COc1ccc(OC)c([C@@H](O)c2ccsc2)c1. The van der Waals surface area contributed by atoms with Crippen LogP contribution in [0.4, 0.5) is 0 Å². The van der Waals surface area contributed by atoms with Gasteiger partial charge in [0.15, 0.2) is 0 Å². The van der Waals surface area contributed by atoms with Crippen LogP contribution in [0, 0.1) is 0 Å². The molecule has 90 valence electrons. The van der Waals surface area contributed by atoms with Crippen LogP contribution in [0.1, 0.15) is 17.2 Å². The van der Waals surface area contributed by atoms with Crippen molar-refractivity contribution in [2.24, 2.45) is 0 Å². The van der Waals surface area contributed by atoms with Crippen LogP contribution in [0.25, 0.3) is 0 Å². The number of hydrogen-bond acceptors (Lipinski definition) is 4. The lowest BCUT2D eigenvalue weighted by atomic mass is 10.0. The molecule has 3 nitrogen and oxygen atoms in total. The highest BCUT2D eigenvalue weighted by Crippen LogP contribution is 2.33. The Balaban J connectivity index is 2.41. The number of hydrogen-bond donors (Lipinski definition) is 1. The number of thiophene rings is 1. The van der Waals surface area contributed by atoms with Crippen LogP contribution in [0.15, 0.2) is 35.0 Å². The van der Waals surface area contributed by atoms with Crippen LogP contribution < -0.4 is 9.47 Å². The summed E-state index contributed by atoms with van der Waals surface area (Å²) in [7, 11) is 3.19. The van der Waals surface area contributed by atoms with E-state index in [9.17, 15) is 5.11 Å². The Kier molecular flexibility index (Phi) is 3.66. The molecule has 0 fully saturated rings. The second-order valence-corrected chi connectivity index (χ2v) is 4.35. The van der Waals surface area contributed by atoms with Crippen LogP contribution >= 0.6 is 11.3 Å². The zero-order chi connectivity index (χ0) is 12.3. The number of rotatable bonds is 4. The van der Waals surface area contributed by atoms with E-state index in [1.807, 2.05) is 22.9 Å². The monoisotopic (exact) mass is 250 g/mol. The van der Waals surface area contributed by atoms with Gasteiger partial charge in [-0.05, 0) is 40.6 Å². The minimum absolute atomic E-state index is 0.657. The number of ether oxygens (including phenoxy) is 2. The van der Waals surface area contributed by atoms with Crippen molar-refractivity contribution in [3.05, 3.63) is 46.2 Å². The molecule has 0 aliphatic carbocycles. The summed E-state index contributed by atoms with van der Waals surface area (Å²) < 4.78 is 10.4. The van der Waals surface area contributed by atoms with E-state index in [0.717, 1.165) is 5.56 Å². The summed E-state index contributed by atoms with van der Waals surface area (Å²) in [5, 5.41) is 14.1. The Morgan fingerprint density at radius 3 is 2.59 bits per heavy atom. The van der Waals surface area contributed by atoms with Gasteiger partial charge in [-0.15, -0.1) is 0 Å². The summed E-state index contributed by atoms with van der Waals surface area (Å²) in [6.07, 6.45) is -0.689. The molecule has 0 radical (unpaired) electrons. The Morgan fingerprint density at radius 1 is 1.18 bits per heavy atom. The van der Waals surface area contributed by atoms with Crippen molar-refractivity contribution >= 4 is 11.3 Å². The van der Waals surface area contributed by atoms with Gasteiger partial charge < -0.3 is 14.6 Å². The van der Waals surface area contributed by atoms with Gasteiger partial charge >= 0.3 is 0 Å². The van der Waals surface area contributed by atoms with Crippen molar-refractivity contribution in [3.8, 4) is 11.5 Å². The van der Waals surface area contributed by atoms with Gasteiger partial charge in [0.1, 0.15) is 17.6 Å². The highest BCUT2D eigenvalue weighted by atomic mass is 32.1. The molecule has 0 amide bonds. The molecule has 17 heavy (non-hydrogen) atoms. The number of aliphatic hydroxyl groups excluding tert-OH is 1. The van der Waals surface area contributed by atoms with Crippen molar-refractivity contribution in [1.29, 1.82) is 0 Å². The maximum atomic E-state index is 10.3. The van der Waals surface area contributed by atoms with Gasteiger partial charge in [-0.3, -0.25) is 0 Å². The number of methoxy groups -OCH3 is 2. The van der Waals surface area contributed by atoms with Gasteiger partial charge in [0.2, 0.25) is 0 Å². The first-order chi connectivity index (χ1) is 8.26. The minimum atomic E-state index is -0.689. The molecule has 0 aliphatic heterocycles. The first-order valence-electron chi connectivity index (χ1n) is 5.18. The van der Waals surface area contributed by atoms with E-state index in [1.54, 1.807) is 37.7 Å². The third-order valence-corrected chi connectivity index (χ3v) is 3.29. The van der Waals surface area contributed by atoms with Crippen LogP contribution in [-0.2, 0) is 0 Å². The smallest absolute Gasteiger partial charge is 0.125 e. The molecular formula is C13H14O3S. The number of benzene rings is 1. The molecular weight excluding hydrogens is 236 g/mol. The third kappa shape index (κ3) is 2.43. The summed E-state index contributed by atoms with van der Waals surface area (Å²) in [5.74, 6) is 1.36. The average Bonchev–Trinajstić information content (AvgIpc) is 2.91. The van der Waals surface area contributed by atoms with E-state index >= 15 is 0 Å². The van der Waals surface area contributed by atoms with Gasteiger partial charge in [-0.25, -0.2) is 0 Å². The van der Waals surface area contributed by atoms with E-state index < -0.39 is 6.10 Å². The lowest BCUT2D eigenvalue weighted by Crippen LogP contribution is -2.01. The molecule has 1 atom stereocenters. The highest BCUT2D eigenvalue weighted by Gasteiger charge is 2.16. The molecule has 1 N–H and O–H groups in total. The van der Waals surface area contributed by atoms with Crippen LogP contribution in [0.3, 0.4) is 0 Å². The Hall–Kier alpha value is -1.52. The van der Waals surface area contributed by atoms with E-state index in [-0.39, 0.29) is 0 Å². The van der Waals surface area contributed by atoms with E-state index in [4.69, 9.17) is 9.47 Å². The Labute approximate surface area is 104 Å². The zero-order valence-corrected chi connectivity index (χ0v) is 10.5. The summed E-state index contributed by atoms with van der Waals surface area (Å²) >= 11 is 1.55. The molecule has 1 heterocycles. The first-order valence-corrected chi connectivity index (χ1v) is 6.12. The summed E-state index contributed by atoms with van der Waals surface area (Å²) in [6.45, 7) is 0. The summed E-state index contributed by atoms with van der Waals surface area (Å²) in [6, 6.07) is 7.29. The molecule has 0 bridgehead atoms.